The van der Waals surface area contributed by atoms with E-state index in [4.69, 9.17) is 0 Å². The fourth-order valence-electron chi connectivity index (χ4n) is 0.922. The minimum absolute atomic E-state index is 0.0957. The molecule has 0 saturated carbocycles. The molecule has 0 aliphatic heterocycles. The van der Waals surface area contributed by atoms with Gasteiger partial charge in [0.2, 0.25) is 5.91 Å². The van der Waals surface area contributed by atoms with Crippen LogP contribution in [0.3, 0.4) is 0 Å². The number of allylic oxidation sites excluding steroid dienone is 1. The molecule has 0 saturated heterocycles. The number of rotatable bonds is 4. The molecule has 0 atom stereocenters. The van der Waals surface area contributed by atoms with E-state index in [1.165, 1.54) is 0 Å². The Kier molecular flexibility index (Phi) is 4.74. The second kappa shape index (κ2) is 5.05. The van der Waals surface area contributed by atoms with E-state index in [0.717, 1.165) is 0 Å². The lowest BCUT2D eigenvalue weighted by atomic mass is 10.0. The van der Waals surface area contributed by atoms with E-state index in [1.54, 1.807) is 0 Å². The van der Waals surface area contributed by atoms with Crippen LogP contribution in [0.1, 0.15) is 41.0 Å². The molecular weight excluding hydrogens is 162 g/mol. The van der Waals surface area contributed by atoms with E-state index in [9.17, 15) is 4.79 Å². The van der Waals surface area contributed by atoms with Gasteiger partial charge in [-0.3, -0.25) is 4.79 Å². The van der Waals surface area contributed by atoms with Gasteiger partial charge < -0.3 is 5.32 Å². The van der Waals surface area contributed by atoms with Crippen molar-refractivity contribution < 1.29 is 4.79 Å². The molecule has 2 nitrogen and oxygen atoms in total. The molecule has 0 aliphatic rings. The molecule has 0 radical (unpaired) electrons. The maximum atomic E-state index is 11.1. The Balaban J connectivity index is 4.15. The molecule has 0 spiro atoms. The van der Waals surface area contributed by atoms with Gasteiger partial charge in [-0.2, -0.15) is 0 Å². The molecule has 13 heavy (non-hydrogen) atoms. The van der Waals surface area contributed by atoms with Crippen LogP contribution in [0.15, 0.2) is 12.2 Å². The van der Waals surface area contributed by atoms with Crippen LogP contribution >= 0.6 is 0 Å². The predicted molar refractivity (Wildman–Crippen MR) is 56.5 cm³/mol. The zero-order valence-corrected chi connectivity index (χ0v) is 9.35. The summed E-state index contributed by atoms with van der Waals surface area (Å²) in [7, 11) is 0. The third kappa shape index (κ3) is 6.38. The minimum atomic E-state index is -0.225. The van der Waals surface area contributed by atoms with Crippen LogP contribution in [-0.2, 0) is 4.79 Å². The molecule has 1 amide bonds. The van der Waals surface area contributed by atoms with Crippen molar-refractivity contribution in [2.75, 3.05) is 0 Å². The topological polar surface area (TPSA) is 29.1 Å². The highest BCUT2D eigenvalue weighted by Gasteiger charge is 2.15. The van der Waals surface area contributed by atoms with Crippen LogP contribution in [0.25, 0.3) is 0 Å². The number of carbonyl (C=O) groups is 1. The van der Waals surface area contributed by atoms with E-state index in [0.29, 0.717) is 12.3 Å². The van der Waals surface area contributed by atoms with Crippen molar-refractivity contribution >= 4 is 5.91 Å². The van der Waals surface area contributed by atoms with Crippen LogP contribution in [0.4, 0.5) is 0 Å². The first-order valence-electron chi connectivity index (χ1n) is 4.87. The van der Waals surface area contributed by atoms with Gasteiger partial charge in [0.1, 0.15) is 0 Å². The van der Waals surface area contributed by atoms with E-state index < -0.39 is 0 Å². The predicted octanol–water partition coefficient (Wildman–Crippen LogP) is 2.50. The quantitative estimate of drug-likeness (QED) is 0.667. The summed E-state index contributed by atoms with van der Waals surface area (Å²) in [5, 5.41) is 2.94. The smallest absolute Gasteiger partial charge is 0.220 e. The highest BCUT2D eigenvalue weighted by molar-refractivity contribution is 5.76. The van der Waals surface area contributed by atoms with Crippen molar-refractivity contribution in [1.29, 1.82) is 0 Å². The first kappa shape index (κ1) is 12.2. The fourth-order valence-corrected chi connectivity index (χ4v) is 0.922. The van der Waals surface area contributed by atoms with Gasteiger partial charge in [0.15, 0.2) is 0 Å². The average molecular weight is 183 g/mol. The highest BCUT2D eigenvalue weighted by atomic mass is 16.1. The van der Waals surface area contributed by atoms with Gasteiger partial charge in [-0.25, -0.2) is 0 Å². The van der Waals surface area contributed by atoms with E-state index in [-0.39, 0.29) is 11.4 Å². The van der Waals surface area contributed by atoms with E-state index in [1.807, 2.05) is 26.8 Å². The molecule has 0 aromatic rings. The van der Waals surface area contributed by atoms with Crippen molar-refractivity contribution in [2.45, 2.75) is 46.6 Å². The summed E-state index contributed by atoms with van der Waals surface area (Å²) in [4.78, 5) is 11.1. The van der Waals surface area contributed by atoms with Crippen LogP contribution in [-0.4, -0.2) is 11.4 Å². The monoisotopic (exact) mass is 183 g/mol. The summed E-state index contributed by atoms with van der Waals surface area (Å²) in [6, 6.07) is 0. The number of nitrogens with one attached hydrogen (secondary N) is 1. The Bertz CT molecular complexity index is 192. The number of hydrogen-bond acceptors (Lipinski definition) is 1. The Morgan fingerprint density at radius 1 is 1.46 bits per heavy atom. The zero-order valence-electron chi connectivity index (χ0n) is 9.35. The summed E-state index contributed by atoms with van der Waals surface area (Å²) in [6.07, 6.45) is 4.69. The Morgan fingerprint density at radius 3 is 2.38 bits per heavy atom. The van der Waals surface area contributed by atoms with Gasteiger partial charge in [-0.15, -0.1) is 0 Å². The SMILES string of the molecule is CCC(=O)NC(C)(C)/C=C/C(C)C. The van der Waals surface area contributed by atoms with Gasteiger partial charge >= 0.3 is 0 Å². The van der Waals surface area contributed by atoms with Crippen LogP contribution in [0, 0.1) is 5.92 Å². The molecule has 0 aliphatic carbocycles. The summed E-state index contributed by atoms with van der Waals surface area (Å²) in [5.41, 5.74) is -0.225. The maximum absolute atomic E-state index is 11.1. The van der Waals surface area contributed by atoms with Gasteiger partial charge in [0, 0.05) is 6.42 Å². The molecule has 1 N–H and O–H groups in total. The molecule has 76 valence electrons. The molecule has 0 aromatic heterocycles. The van der Waals surface area contributed by atoms with Crippen LogP contribution in [0.5, 0.6) is 0 Å². The average Bonchev–Trinajstić information content (AvgIpc) is 2.00. The second-order valence-corrected chi connectivity index (χ2v) is 4.23. The molecule has 0 aromatic carbocycles. The van der Waals surface area contributed by atoms with Crippen molar-refractivity contribution in [3.8, 4) is 0 Å². The lowest BCUT2D eigenvalue weighted by Gasteiger charge is -2.22. The third-order valence-electron chi connectivity index (χ3n) is 1.68. The first-order chi connectivity index (χ1) is 5.87. The highest BCUT2D eigenvalue weighted by Crippen LogP contribution is 2.07. The molecule has 0 unspecified atom stereocenters. The number of amides is 1. The first-order valence-corrected chi connectivity index (χ1v) is 4.87. The third-order valence-corrected chi connectivity index (χ3v) is 1.68. The summed E-state index contributed by atoms with van der Waals surface area (Å²) in [5.74, 6) is 0.621. The van der Waals surface area contributed by atoms with Crippen molar-refractivity contribution in [3.63, 3.8) is 0 Å². The molecule has 0 bridgehead atoms. The van der Waals surface area contributed by atoms with Crippen LogP contribution < -0.4 is 5.32 Å². The Hall–Kier alpha value is -0.790. The lowest BCUT2D eigenvalue weighted by Crippen LogP contribution is -2.41. The van der Waals surface area contributed by atoms with E-state index in [2.05, 4.69) is 25.2 Å². The zero-order chi connectivity index (χ0) is 10.5. The Labute approximate surface area is 81.4 Å². The number of carbonyl (C=O) groups excluding carboxylic acids is 1. The number of hydrogen-bond donors (Lipinski definition) is 1. The molecule has 0 fully saturated rings. The van der Waals surface area contributed by atoms with Crippen molar-refractivity contribution in [2.24, 2.45) is 5.92 Å². The van der Waals surface area contributed by atoms with Gasteiger partial charge in [0.25, 0.3) is 0 Å². The van der Waals surface area contributed by atoms with E-state index >= 15 is 0 Å². The Morgan fingerprint density at radius 2 is 2.00 bits per heavy atom. The van der Waals surface area contributed by atoms with Crippen LogP contribution in [0.2, 0.25) is 0 Å². The summed E-state index contributed by atoms with van der Waals surface area (Å²) >= 11 is 0. The van der Waals surface area contributed by atoms with Crippen molar-refractivity contribution in [1.82, 2.24) is 5.32 Å². The molecule has 0 rings (SSSR count). The summed E-state index contributed by atoms with van der Waals surface area (Å²) < 4.78 is 0. The lowest BCUT2D eigenvalue weighted by molar-refractivity contribution is -0.121. The van der Waals surface area contributed by atoms with Crippen molar-refractivity contribution in [3.05, 3.63) is 12.2 Å². The largest absolute Gasteiger partial charge is 0.348 e. The van der Waals surface area contributed by atoms with Gasteiger partial charge in [-0.1, -0.05) is 32.9 Å². The fraction of sp³-hybridized carbons (Fsp3) is 0.727. The maximum Gasteiger partial charge on any atom is 0.220 e. The summed E-state index contributed by atoms with van der Waals surface area (Å²) in [6.45, 7) is 10.1. The van der Waals surface area contributed by atoms with Gasteiger partial charge in [0.05, 0.1) is 5.54 Å². The standard InChI is InChI=1S/C11H21NO/c1-6-10(13)12-11(4,5)8-7-9(2)3/h7-9H,6H2,1-5H3,(H,12,13)/b8-7+. The minimum Gasteiger partial charge on any atom is -0.348 e. The molecule has 2 heteroatoms. The normalized spacial score (nSPS) is 12.5. The van der Waals surface area contributed by atoms with Gasteiger partial charge in [-0.05, 0) is 19.8 Å². The molecular formula is C11H21NO. The molecule has 0 heterocycles. The second-order valence-electron chi connectivity index (χ2n) is 4.23.